The first-order valence-corrected chi connectivity index (χ1v) is 12.2. The molecular weight excluding hydrogens is 494 g/mol. The lowest BCUT2D eigenvalue weighted by molar-refractivity contribution is -0.132. The Labute approximate surface area is 206 Å². The topological polar surface area (TPSA) is 73.7 Å². The number of piperidine rings is 1. The Hall–Kier alpha value is -3.45. The van der Waals surface area contributed by atoms with Crippen LogP contribution in [-0.2, 0) is 9.59 Å². The van der Waals surface area contributed by atoms with Gasteiger partial charge in [0.25, 0.3) is 11.7 Å². The summed E-state index contributed by atoms with van der Waals surface area (Å²) in [5.74, 6) is -1.62. The van der Waals surface area contributed by atoms with E-state index in [9.17, 15) is 14.7 Å². The van der Waals surface area contributed by atoms with Gasteiger partial charge in [-0.2, -0.15) is 0 Å². The molecule has 3 heterocycles. The fourth-order valence-electron chi connectivity index (χ4n) is 4.66. The molecule has 2 aliphatic rings. The van der Waals surface area contributed by atoms with Crippen LogP contribution in [0.25, 0.3) is 5.76 Å². The fraction of sp³-hybridized carbons (Fsp3) is 0.222. The molecule has 2 saturated heterocycles. The number of anilines is 2. The van der Waals surface area contributed by atoms with Gasteiger partial charge in [-0.25, -0.2) is 0 Å². The van der Waals surface area contributed by atoms with E-state index in [2.05, 4.69) is 25.8 Å². The van der Waals surface area contributed by atoms with Crippen molar-refractivity contribution in [2.45, 2.75) is 25.3 Å². The Kier molecular flexibility index (Phi) is 6.20. The van der Waals surface area contributed by atoms with Crippen LogP contribution < -0.4 is 9.80 Å². The fourth-order valence-corrected chi connectivity index (χ4v) is 4.92. The van der Waals surface area contributed by atoms with E-state index in [4.69, 9.17) is 0 Å². The lowest BCUT2D eigenvalue weighted by Crippen LogP contribution is -2.31. The van der Waals surface area contributed by atoms with E-state index in [0.29, 0.717) is 16.9 Å². The van der Waals surface area contributed by atoms with Gasteiger partial charge in [-0.05, 0) is 67.8 Å². The number of hydrogen-bond donors (Lipinski definition) is 1. The Balaban J connectivity index is 1.59. The molecule has 3 aromatic rings. The third-order valence-electron chi connectivity index (χ3n) is 6.38. The number of halogens is 1. The Morgan fingerprint density at radius 3 is 2.21 bits per heavy atom. The molecule has 0 aliphatic carbocycles. The number of hydrogen-bond acceptors (Lipinski definition) is 5. The molecule has 0 spiro atoms. The summed E-state index contributed by atoms with van der Waals surface area (Å²) in [6.45, 7) is 2.04. The van der Waals surface area contributed by atoms with Crippen molar-refractivity contribution in [1.82, 2.24) is 4.98 Å². The standard InChI is InChI=1S/C27H24BrN3O3/c28-19-9-7-18(8-10-19)25(32)23-24(22-6-2-3-15-29-22)31(27(34)26(23)33)21-13-11-20(12-14-21)30-16-4-1-5-17-30/h2-3,6-15,24,32H,1,4-5,16-17H2/b25-23+. The summed E-state index contributed by atoms with van der Waals surface area (Å²) in [4.78, 5) is 34.7. The number of benzene rings is 2. The molecule has 0 radical (unpaired) electrons. The molecule has 0 saturated carbocycles. The van der Waals surface area contributed by atoms with E-state index < -0.39 is 17.7 Å². The van der Waals surface area contributed by atoms with Crippen molar-refractivity contribution < 1.29 is 14.7 Å². The molecular formula is C27H24BrN3O3. The molecule has 1 unspecified atom stereocenters. The number of pyridine rings is 1. The van der Waals surface area contributed by atoms with Crippen LogP contribution in [0.3, 0.4) is 0 Å². The first-order chi connectivity index (χ1) is 16.5. The lowest BCUT2D eigenvalue weighted by Gasteiger charge is -2.30. The van der Waals surface area contributed by atoms with Gasteiger partial charge >= 0.3 is 0 Å². The van der Waals surface area contributed by atoms with E-state index in [1.165, 1.54) is 24.2 Å². The second-order valence-corrected chi connectivity index (χ2v) is 9.41. The molecule has 2 aromatic carbocycles. The van der Waals surface area contributed by atoms with E-state index in [1.54, 1.807) is 42.6 Å². The van der Waals surface area contributed by atoms with Gasteiger partial charge in [-0.3, -0.25) is 19.5 Å². The quantitative estimate of drug-likeness (QED) is 0.282. The minimum atomic E-state index is -0.828. The van der Waals surface area contributed by atoms with Gasteiger partial charge in [0.05, 0.1) is 11.3 Å². The Bertz CT molecular complexity index is 1230. The first-order valence-electron chi connectivity index (χ1n) is 11.4. The van der Waals surface area contributed by atoms with E-state index in [1.807, 2.05) is 30.3 Å². The summed E-state index contributed by atoms with van der Waals surface area (Å²) in [7, 11) is 0. The number of ketones is 1. The number of aliphatic hydroxyl groups is 1. The number of rotatable bonds is 4. The maximum Gasteiger partial charge on any atom is 0.300 e. The van der Waals surface area contributed by atoms with E-state index in [-0.39, 0.29) is 11.3 Å². The number of carbonyl (C=O) groups excluding carboxylic acids is 2. The molecule has 34 heavy (non-hydrogen) atoms. The van der Waals surface area contributed by atoms with Crippen molar-refractivity contribution in [2.24, 2.45) is 0 Å². The zero-order valence-corrected chi connectivity index (χ0v) is 20.1. The summed E-state index contributed by atoms with van der Waals surface area (Å²) >= 11 is 3.38. The molecule has 5 rings (SSSR count). The predicted molar refractivity (Wildman–Crippen MR) is 136 cm³/mol. The molecule has 2 aliphatic heterocycles. The summed E-state index contributed by atoms with van der Waals surface area (Å²) in [5.41, 5.74) is 2.70. The third kappa shape index (κ3) is 4.12. The number of aliphatic hydroxyl groups excluding tert-OH is 1. The van der Waals surface area contributed by atoms with Crippen LogP contribution in [-0.4, -0.2) is 34.9 Å². The second-order valence-electron chi connectivity index (χ2n) is 8.49. The minimum Gasteiger partial charge on any atom is -0.507 e. The normalized spacial score (nSPS) is 20.1. The SMILES string of the molecule is O=C1C(=O)N(c2ccc(N3CCCCC3)cc2)C(c2ccccn2)/C1=C(\O)c1ccc(Br)cc1. The molecule has 1 N–H and O–H groups in total. The highest BCUT2D eigenvalue weighted by molar-refractivity contribution is 9.10. The average Bonchev–Trinajstić information content (AvgIpc) is 3.15. The summed E-state index contributed by atoms with van der Waals surface area (Å²) < 4.78 is 0.847. The zero-order chi connectivity index (χ0) is 23.7. The van der Waals surface area contributed by atoms with Crippen LogP contribution in [0.5, 0.6) is 0 Å². The number of amides is 1. The van der Waals surface area contributed by atoms with Gasteiger partial charge in [-0.1, -0.05) is 34.1 Å². The monoisotopic (exact) mass is 517 g/mol. The molecule has 1 atom stereocenters. The van der Waals surface area contributed by atoms with Crippen molar-refractivity contribution in [3.05, 3.63) is 94.2 Å². The molecule has 1 amide bonds. The van der Waals surface area contributed by atoms with Crippen molar-refractivity contribution in [2.75, 3.05) is 22.9 Å². The molecule has 6 nitrogen and oxygen atoms in total. The van der Waals surface area contributed by atoms with Crippen LogP contribution in [0.1, 0.15) is 36.6 Å². The van der Waals surface area contributed by atoms with Gasteiger partial charge < -0.3 is 10.0 Å². The number of Topliss-reactive ketones (excluding diaryl/α,β-unsaturated/α-hetero) is 1. The highest BCUT2D eigenvalue weighted by atomic mass is 79.9. The van der Waals surface area contributed by atoms with Crippen LogP contribution in [0.15, 0.2) is 83.0 Å². The van der Waals surface area contributed by atoms with Crippen molar-refractivity contribution in [3.63, 3.8) is 0 Å². The zero-order valence-electron chi connectivity index (χ0n) is 18.5. The molecule has 0 bridgehead atoms. The first kappa shape index (κ1) is 22.3. The largest absolute Gasteiger partial charge is 0.507 e. The summed E-state index contributed by atoms with van der Waals surface area (Å²) in [6.07, 6.45) is 5.22. The molecule has 1 aromatic heterocycles. The van der Waals surface area contributed by atoms with E-state index >= 15 is 0 Å². The second kappa shape index (κ2) is 9.43. The maximum absolute atomic E-state index is 13.3. The minimum absolute atomic E-state index is 0.0335. The van der Waals surface area contributed by atoms with Crippen LogP contribution >= 0.6 is 15.9 Å². The highest BCUT2D eigenvalue weighted by Gasteiger charge is 2.47. The molecule has 7 heteroatoms. The van der Waals surface area contributed by atoms with Gasteiger partial charge in [0.15, 0.2) is 0 Å². The average molecular weight is 518 g/mol. The number of carbonyl (C=O) groups is 2. The highest BCUT2D eigenvalue weighted by Crippen LogP contribution is 2.42. The predicted octanol–water partition coefficient (Wildman–Crippen LogP) is 5.46. The van der Waals surface area contributed by atoms with E-state index in [0.717, 1.165) is 23.2 Å². The van der Waals surface area contributed by atoms with Crippen LogP contribution in [0, 0.1) is 0 Å². The Morgan fingerprint density at radius 1 is 0.882 bits per heavy atom. The Morgan fingerprint density at radius 2 is 1.56 bits per heavy atom. The summed E-state index contributed by atoms with van der Waals surface area (Å²) in [5, 5.41) is 11.1. The van der Waals surface area contributed by atoms with Gasteiger partial charge in [0, 0.05) is 40.7 Å². The van der Waals surface area contributed by atoms with Gasteiger partial charge in [0.1, 0.15) is 11.8 Å². The lowest BCUT2D eigenvalue weighted by atomic mass is 9.98. The van der Waals surface area contributed by atoms with Crippen molar-refractivity contribution in [3.8, 4) is 0 Å². The molecule has 172 valence electrons. The number of nitrogens with zero attached hydrogens (tertiary/aromatic N) is 3. The maximum atomic E-state index is 13.3. The third-order valence-corrected chi connectivity index (χ3v) is 6.91. The van der Waals surface area contributed by atoms with Crippen molar-refractivity contribution >= 4 is 44.8 Å². The van der Waals surface area contributed by atoms with Crippen LogP contribution in [0.4, 0.5) is 11.4 Å². The van der Waals surface area contributed by atoms with Gasteiger partial charge in [0.2, 0.25) is 0 Å². The van der Waals surface area contributed by atoms with Gasteiger partial charge in [-0.15, -0.1) is 0 Å². The molecule has 2 fully saturated rings. The van der Waals surface area contributed by atoms with Crippen LogP contribution in [0.2, 0.25) is 0 Å². The number of aromatic nitrogens is 1. The summed E-state index contributed by atoms with van der Waals surface area (Å²) in [6, 6.07) is 19.2. The van der Waals surface area contributed by atoms with Crippen molar-refractivity contribution in [1.29, 1.82) is 0 Å². The smallest absolute Gasteiger partial charge is 0.300 e.